The SMILES string of the molecule is COCC(C)NC(N)=NCC1CN(C)CCO1. The molecule has 0 amide bonds. The molecule has 6 heteroatoms. The van der Waals surface area contributed by atoms with Crippen LogP contribution < -0.4 is 11.1 Å². The Morgan fingerprint density at radius 2 is 2.47 bits per heavy atom. The lowest BCUT2D eigenvalue weighted by Crippen LogP contribution is -2.44. The van der Waals surface area contributed by atoms with E-state index in [2.05, 4.69) is 22.3 Å². The van der Waals surface area contributed by atoms with E-state index in [1.54, 1.807) is 7.11 Å². The molecule has 1 heterocycles. The highest BCUT2D eigenvalue weighted by Gasteiger charge is 2.17. The number of hydrogen-bond acceptors (Lipinski definition) is 4. The summed E-state index contributed by atoms with van der Waals surface area (Å²) in [4.78, 5) is 6.52. The van der Waals surface area contributed by atoms with Crippen LogP contribution in [0.25, 0.3) is 0 Å². The van der Waals surface area contributed by atoms with Crippen molar-refractivity contribution in [3.8, 4) is 0 Å². The summed E-state index contributed by atoms with van der Waals surface area (Å²) >= 11 is 0. The first-order chi connectivity index (χ1) is 8.11. The number of rotatable bonds is 5. The van der Waals surface area contributed by atoms with Gasteiger partial charge < -0.3 is 25.4 Å². The maximum absolute atomic E-state index is 5.77. The van der Waals surface area contributed by atoms with Crippen LogP contribution in [0.2, 0.25) is 0 Å². The molecule has 17 heavy (non-hydrogen) atoms. The summed E-state index contributed by atoms with van der Waals surface area (Å²) in [5, 5.41) is 3.07. The normalized spacial score (nSPS) is 24.6. The van der Waals surface area contributed by atoms with Gasteiger partial charge in [-0.3, -0.25) is 4.99 Å². The zero-order chi connectivity index (χ0) is 12.7. The number of nitrogens with zero attached hydrogens (tertiary/aromatic N) is 2. The summed E-state index contributed by atoms with van der Waals surface area (Å²) in [6.07, 6.45) is 0.145. The number of methoxy groups -OCH3 is 1. The second-order valence-corrected chi connectivity index (χ2v) is 4.48. The van der Waals surface area contributed by atoms with Gasteiger partial charge in [0.05, 0.1) is 25.9 Å². The fraction of sp³-hybridized carbons (Fsp3) is 0.909. The highest BCUT2D eigenvalue weighted by molar-refractivity contribution is 5.78. The molecule has 2 unspecified atom stereocenters. The molecule has 0 saturated carbocycles. The van der Waals surface area contributed by atoms with Gasteiger partial charge in [0.2, 0.25) is 0 Å². The molecule has 0 aromatic carbocycles. The van der Waals surface area contributed by atoms with Crippen molar-refractivity contribution < 1.29 is 9.47 Å². The lowest BCUT2D eigenvalue weighted by Gasteiger charge is -2.29. The summed E-state index contributed by atoms with van der Waals surface area (Å²) < 4.78 is 10.6. The van der Waals surface area contributed by atoms with Crippen LogP contribution in [0.4, 0.5) is 0 Å². The Balaban J connectivity index is 2.26. The average molecular weight is 244 g/mol. The van der Waals surface area contributed by atoms with Crippen molar-refractivity contribution in [2.45, 2.75) is 19.1 Å². The average Bonchev–Trinajstić information content (AvgIpc) is 2.27. The van der Waals surface area contributed by atoms with Gasteiger partial charge in [-0.15, -0.1) is 0 Å². The van der Waals surface area contributed by atoms with Crippen LogP contribution in [0.5, 0.6) is 0 Å². The molecule has 1 aliphatic rings. The second kappa shape index (κ2) is 7.47. The molecule has 0 aliphatic carbocycles. The summed E-state index contributed by atoms with van der Waals surface area (Å²) in [7, 11) is 3.75. The predicted octanol–water partition coefficient (Wildman–Crippen LogP) is -0.744. The minimum absolute atomic E-state index is 0.145. The van der Waals surface area contributed by atoms with Gasteiger partial charge in [-0.05, 0) is 14.0 Å². The molecule has 0 aromatic rings. The summed E-state index contributed by atoms with van der Waals surface area (Å²) in [5.41, 5.74) is 5.77. The van der Waals surface area contributed by atoms with E-state index in [-0.39, 0.29) is 12.1 Å². The molecular formula is C11H24N4O2. The first kappa shape index (κ1) is 14.2. The van der Waals surface area contributed by atoms with Crippen LogP contribution in [0.1, 0.15) is 6.92 Å². The molecule has 1 fully saturated rings. The Hall–Kier alpha value is -0.850. The quantitative estimate of drug-likeness (QED) is 0.492. The molecule has 100 valence electrons. The topological polar surface area (TPSA) is 72.1 Å². The van der Waals surface area contributed by atoms with Crippen molar-refractivity contribution in [3.05, 3.63) is 0 Å². The number of likely N-dealkylation sites (N-methyl/N-ethyl adjacent to an activating group) is 1. The van der Waals surface area contributed by atoms with Gasteiger partial charge in [0, 0.05) is 26.2 Å². The molecule has 1 aliphatic heterocycles. The lowest BCUT2D eigenvalue weighted by molar-refractivity contribution is -0.0136. The van der Waals surface area contributed by atoms with Crippen molar-refractivity contribution >= 4 is 5.96 Å². The zero-order valence-corrected chi connectivity index (χ0v) is 11.0. The molecule has 1 rings (SSSR count). The summed E-state index contributed by atoms with van der Waals surface area (Å²) in [6.45, 7) is 5.87. The van der Waals surface area contributed by atoms with Crippen molar-refractivity contribution in [1.82, 2.24) is 10.2 Å². The van der Waals surface area contributed by atoms with Crippen LogP contribution in [-0.2, 0) is 9.47 Å². The van der Waals surface area contributed by atoms with Crippen molar-refractivity contribution in [3.63, 3.8) is 0 Å². The Kier molecular flexibility index (Phi) is 6.25. The third-order valence-electron chi connectivity index (χ3n) is 2.62. The largest absolute Gasteiger partial charge is 0.383 e. The third kappa shape index (κ3) is 5.86. The minimum atomic E-state index is 0.145. The van der Waals surface area contributed by atoms with Gasteiger partial charge in [-0.1, -0.05) is 0 Å². The molecule has 0 aromatic heterocycles. The Morgan fingerprint density at radius 3 is 3.12 bits per heavy atom. The highest BCUT2D eigenvalue weighted by Crippen LogP contribution is 2.02. The molecular weight excluding hydrogens is 220 g/mol. The fourth-order valence-electron chi connectivity index (χ4n) is 1.77. The fourth-order valence-corrected chi connectivity index (χ4v) is 1.77. The minimum Gasteiger partial charge on any atom is -0.383 e. The van der Waals surface area contributed by atoms with Crippen LogP contribution >= 0.6 is 0 Å². The van der Waals surface area contributed by atoms with E-state index in [0.717, 1.165) is 19.7 Å². The van der Waals surface area contributed by atoms with Crippen molar-refractivity contribution in [2.75, 3.05) is 47.0 Å². The van der Waals surface area contributed by atoms with Crippen LogP contribution in [0.3, 0.4) is 0 Å². The molecule has 6 nitrogen and oxygen atoms in total. The van der Waals surface area contributed by atoms with Gasteiger partial charge in [0.1, 0.15) is 0 Å². The van der Waals surface area contributed by atoms with E-state index in [0.29, 0.717) is 19.1 Å². The lowest BCUT2D eigenvalue weighted by atomic mass is 10.3. The smallest absolute Gasteiger partial charge is 0.188 e. The molecule has 3 N–H and O–H groups in total. The predicted molar refractivity (Wildman–Crippen MR) is 68.2 cm³/mol. The number of nitrogens with one attached hydrogen (secondary N) is 1. The van der Waals surface area contributed by atoms with Gasteiger partial charge in [0.25, 0.3) is 0 Å². The standard InChI is InChI=1S/C11H24N4O2/c1-9(8-16-3)14-11(12)13-6-10-7-15(2)4-5-17-10/h9-10H,4-8H2,1-3H3,(H3,12,13,14). The van der Waals surface area contributed by atoms with Gasteiger partial charge in [0.15, 0.2) is 5.96 Å². The first-order valence-corrected chi connectivity index (χ1v) is 5.97. The van der Waals surface area contributed by atoms with E-state index in [1.807, 2.05) is 6.92 Å². The Bertz CT molecular complexity index is 248. The summed E-state index contributed by atoms with van der Waals surface area (Å²) in [6, 6.07) is 0.165. The first-order valence-electron chi connectivity index (χ1n) is 5.97. The molecule has 2 atom stereocenters. The van der Waals surface area contributed by atoms with Crippen molar-refractivity contribution in [2.24, 2.45) is 10.7 Å². The maximum Gasteiger partial charge on any atom is 0.188 e. The van der Waals surface area contributed by atoms with Gasteiger partial charge in [-0.2, -0.15) is 0 Å². The van der Waals surface area contributed by atoms with E-state index >= 15 is 0 Å². The molecule has 0 bridgehead atoms. The second-order valence-electron chi connectivity index (χ2n) is 4.48. The van der Waals surface area contributed by atoms with Crippen molar-refractivity contribution in [1.29, 1.82) is 0 Å². The number of hydrogen-bond donors (Lipinski definition) is 2. The monoisotopic (exact) mass is 244 g/mol. The third-order valence-corrected chi connectivity index (χ3v) is 2.62. The van der Waals surface area contributed by atoms with Gasteiger partial charge in [-0.25, -0.2) is 0 Å². The van der Waals surface area contributed by atoms with Crippen LogP contribution in [-0.4, -0.2) is 70.0 Å². The molecule has 1 saturated heterocycles. The van der Waals surface area contributed by atoms with E-state index in [4.69, 9.17) is 15.2 Å². The van der Waals surface area contributed by atoms with E-state index < -0.39 is 0 Å². The van der Waals surface area contributed by atoms with E-state index in [9.17, 15) is 0 Å². The van der Waals surface area contributed by atoms with Crippen LogP contribution in [0, 0.1) is 0 Å². The highest BCUT2D eigenvalue weighted by atomic mass is 16.5. The molecule has 0 radical (unpaired) electrons. The van der Waals surface area contributed by atoms with E-state index in [1.165, 1.54) is 0 Å². The summed E-state index contributed by atoms with van der Waals surface area (Å²) in [5.74, 6) is 0.450. The Morgan fingerprint density at radius 1 is 1.71 bits per heavy atom. The number of guanidine groups is 1. The number of nitrogens with two attached hydrogens (primary N) is 1. The number of morpholine rings is 1. The van der Waals surface area contributed by atoms with Gasteiger partial charge >= 0.3 is 0 Å². The van der Waals surface area contributed by atoms with Crippen LogP contribution in [0.15, 0.2) is 4.99 Å². The Labute approximate surface area is 103 Å². The zero-order valence-electron chi connectivity index (χ0n) is 11.0. The number of aliphatic imine (C=N–C) groups is 1. The number of ether oxygens (including phenoxy) is 2. The molecule has 0 spiro atoms. The maximum atomic E-state index is 5.77.